The molecule has 1 aliphatic rings. The molecule has 0 saturated carbocycles. The molecule has 1 aliphatic heterocycles. The predicted molar refractivity (Wildman–Crippen MR) is 67.7 cm³/mol. The van der Waals surface area contributed by atoms with E-state index in [2.05, 4.69) is 10.2 Å². The van der Waals surface area contributed by atoms with Crippen molar-refractivity contribution < 1.29 is 9.53 Å². The molecule has 0 radical (unpaired) electrons. The van der Waals surface area contributed by atoms with Gasteiger partial charge in [0.1, 0.15) is 5.54 Å². The summed E-state index contributed by atoms with van der Waals surface area (Å²) in [6, 6.07) is 0.228. The van der Waals surface area contributed by atoms with Crippen molar-refractivity contribution >= 4 is 5.91 Å². The van der Waals surface area contributed by atoms with Crippen molar-refractivity contribution in [2.24, 2.45) is 5.73 Å². The minimum atomic E-state index is -0.675. The van der Waals surface area contributed by atoms with E-state index in [4.69, 9.17) is 10.5 Å². The van der Waals surface area contributed by atoms with E-state index >= 15 is 0 Å². The van der Waals surface area contributed by atoms with Crippen LogP contribution in [0.5, 0.6) is 0 Å². The number of hydrogen-bond acceptors (Lipinski definition) is 4. The number of hydrogen-bond donors (Lipinski definition) is 2. The molecule has 0 aromatic rings. The Bertz CT molecular complexity index is 270. The van der Waals surface area contributed by atoms with Crippen molar-refractivity contribution in [3.63, 3.8) is 0 Å². The molecule has 5 nitrogen and oxygen atoms in total. The van der Waals surface area contributed by atoms with Gasteiger partial charge in [-0.15, -0.1) is 0 Å². The summed E-state index contributed by atoms with van der Waals surface area (Å²) >= 11 is 0. The van der Waals surface area contributed by atoms with Gasteiger partial charge in [0.05, 0.1) is 12.7 Å². The highest BCUT2D eigenvalue weighted by Gasteiger charge is 2.34. The number of morpholine rings is 1. The van der Waals surface area contributed by atoms with Crippen LogP contribution in [0.25, 0.3) is 0 Å². The summed E-state index contributed by atoms with van der Waals surface area (Å²) in [5.74, 6) is -0.301. The van der Waals surface area contributed by atoms with Gasteiger partial charge in [0.25, 0.3) is 0 Å². The number of nitrogens with zero attached hydrogens (tertiary/aromatic N) is 1. The number of amides is 1. The molecule has 0 spiro atoms. The fraction of sp³-hybridized carbons (Fsp3) is 0.917. The lowest BCUT2D eigenvalue weighted by Crippen LogP contribution is -2.62. The van der Waals surface area contributed by atoms with Crippen LogP contribution in [0.4, 0.5) is 0 Å². The summed E-state index contributed by atoms with van der Waals surface area (Å²) in [5.41, 5.74) is 4.84. The van der Waals surface area contributed by atoms with E-state index in [1.807, 2.05) is 27.7 Å². The standard InChI is InChI=1S/C12H25N3O2/c1-9(2)14-12(4,11(13)16)8-15-5-6-17-10(3)7-15/h9-10,14H,5-8H2,1-4H3,(H2,13,16). The number of nitrogens with one attached hydrogen (secondary N) is 1. The average molecular weight is 243 g/mol. The second kappa shape index (κ2) is 5.80. The first-order valence-electron chi connectivity index (χ1n) is 6.25. The van der Waals surface area contributed by atoms with Crippen molar-refractivity contribution in [3.8, 4) is 0 Å². The van der Waals surface area contributed by atoms with Crippen LogP contribution >= 0.6 is 0 Å². The third-order valence-electron chi connectivity index (χ3n) is 3.02. The van der Waals surface area contributed by atoms with Crippen molar-refractivity contribution in [1.29, 1.82) is 0 Å². The maximum absolute atomic E-state index is 11.6. The zero-order chi connectivity index (χ0) is 13.1. The monoisotopic (exact) mass is 243 g/mol. The smallest absolute Gasteiger partial charge is 0.238 e. The summed E-state index contributed by atoms with van der Waals surface area (Å²) in [6.45, 7) is 11.0. The lowest BCUT2D eigenvalue weighted by molar-refractivity contribution is -0.125. The van der Waals surface area contributed by atoms with Crippen LogP contribution < -0.4 is 11.1 Å². The highest BCUT2D eigenvalue weighted by atomic mass is 16.5. The summed E-state index contributed by atoms with van der Waals surface area (Å²) in [6.07, 6.45) is 0.222. The first-order chi connectivity index (χ1) is 7.83. The highest BCUT2D eigenvalue weighted by molar-refractivity contribution is 5.84. The molecule has 2 unspecified atom stereocenters. The van der Waals surface area contributed by atoms with E-state index in [0.717, 1.165) is 19.7 Å². The summed E-state index contributed by atoms with van der Waals surface area (Å²) < 4.78 is 5.49. The molecule has 1 fully saturated rings. The number of ether oxygens (including phenoxy) is 1. The molecule has 1 heterocycles. The quantitative estimate of drug-likeness (QED) is 0.710. The Kier molecular flexibility index (Phi) is 4.91. The fourth-order valence-corrected chi connectivity index (χ4v) is 2.31. The van der Waals surface area contributed by atoms with E-state index in [9.17, 15) is 4.79 Å². The second-order valence-corrected chi connectivity index (χ2v) is 5.41. The lowest BCUT2D eigenvalue weighted by Gasteiger charge is -2.38. The molecule has 0 aliphatic carbocycles. The molecule has 17 heavy (non-hydrogen) atoms. The number of carbonyl (C=O) groups is 1. The van der Waals surface area contributed by atoms with E-state index in [1.165, 1.54) is 0 Å². The second-order valence-electron chi connectivity index (χ2n) is 5.41. The van der Waals surface area contributed by atoms with Gasteiger partial charge in [0, 0.05) is 25.7 Å². The van der Waals surface area contributed by atoms with Crippen LogP contribution in [0.3, 0.4) is 0 Å². The van der Waals surface area contributed by atoms with Crippen molar-refractivity contribution in [3.05, 3.63) is 0 Å². The Morgan fingerprint density at radius 3 is 2.76 bits per heavy atom. The molecule has 1 saturated heterocycles. The zero-order valence-corrected chi connectivity index (χ0v) is 11.3. The van der Waals surface area contributed by atoms with Gasteiger partial charge in [0.15, 0.2) is 0 Å². The highest BCUT2D eigenvalue weighted by Crippen LogP contribution is 2.12. The number of primary amides is 1. The van der Waals surface area contributed by atoms with E-state index in [-0.39, 0.29) is 18.1 Å². The van der Waals surface area contributed by atoms with Gasteiger partial charge in [-0.3, -0.25) is 9.69 Å². The van der Waals surface area contributed by atoms with Gasteiger partial charge in [-0.05, 0) is 27.7 Å². The van der Waals surface area contributed by atoms with Crippen LogP contribution in [-0.4, -0.2) is 54.7 Å². The summed E-state index contributed by atoms with van der Waals surface area (Å²) in [5, 5.41) is 3.26. The van der Waals surface area contributed by atoms with Crippen LogP contribution in [0.2, 0.25) is 0 Å². The van der Waals surface area contributed by atoms with Gasteiger partial charge in [-0.1, -0.05) is 0 Å². The van der Waals surface area contributed by atoms with Gasteiger partial charge in [-0.25, -0.2) is 0 Å². The van der Waals surface area contributed by atoms with E-state index in [1.54, 1.807) is 0 Å². The van der Waals surface area contributed by atoms with Gasteiger partial charge in [-0.2, -0.15) is 0 Å². The van der Waals surface area contributed by atoms with Gasteiger partial charge in [0.2, 0.25) is 5.91 Å². The number of rotatable bonds is 5. The minimum Gasteiger partial charge on any atom is -0.376 e. The maximum Gasteiger partial charge on any atom is 0.238 e. The minimum absolute atomic E-state index is 0.222. The third kappa shape index (κ3) is 4.26. The van der Waals surface area contributed by atoms with E-state index in [0.29, 0.717) is 6.54 Å². The number of nitrogens with two attached hydrogens (primary N) is 1. The van der Waals surface area contributed by atoms with Crippen molar-refractivity contribution in [2.75, 3.05) is 26.2 Å². The van der Waals surface area contributed by atoms with Gasteiger partial charge >= 0.3 is 0 Å². The third-order valence-corrected chi connectivity index (χ3v) is 3.02. The van der Waals surface area contributed by atoms with Crippen LogP contribution in [0, 0.1) is 0 Å². The Morgan fingerprint density at radius 2 is 2.29 bits per heavy atom. The molecule has 1 rings (SSSR count). The summed E-state index contributed by atoms with van der Waals surface area (Å²) in [7, 11) is 0. The fourth-order valence-electron chi connectivity index (χ4n) is 2.31. The van der Waals surface area contributed by atoms with Gasteiger partial charge < -0.3 is 15.8 Å². The molecule has 0 aromatic carbocycles. The molecule has 0 bridgehead atoms. The molecular formula is C12H25N3O2. The molecule has 1 amide bonds. The SMILES string of the molecule is CC(C)NC(C)(CN1CCOC(C)C1)C(N)=O. The Labute approximate surface area is 104 Å². The van der Waals surface area contributed by atoms with Crippen LogP contribution in [0.1, 0.15) is 27.7 Å². The topological polar surface area (TPSA) is 67.6 Å². The van der Waals surface area contributed by atoms with Crippen molar-refractivity contribution in [2.45, 2.75) is 45.4 Å². The largest absolute Gasteiger partial charge is 0.376 e. The Morgan fingerprint density at radius 1 is 1.65 bits per heavy atom. The molecule has 5 heteroatoms. The van der Waals surface area contributed by atoms with Crippen LogP contribution in [-0.2, 0) is 9.53 Å². The van der Waals surface area contributed by atoms with Crippen LogP contribution in [0.15, 0.2) is 0 Å². The first kappa shape index (κ1) is 14.4. The Balaban J connectivity index is 2.62. The van der Waals surface area contributed by atoms with Crippen molar-refractivity contribution in [1.82, 2.24) is 10.2 Å². The molecule has 2 atom stereocenters. The maximum atomic E-state index is 11.6. The number of carbonyl (C=O) groups excluding carboxylic acids is 1. The molecule has 0 aromatic heterocycles. The molecule has 100 valence electrons. The molecule has 3 N–H and O–H groups in total. The first-order valence-corrected chi connectivity index (χ1v) is 6.25. The Hall–Kier alpha value is -0.650. The zero-order valence-electron chi connectivity index (χ0n) is 11.3. The molecular weight excluding hydrogens is 218 g/mol. The average Bonchev–Trinajstić information content (AvgIpc) is 2.15. The lowest BCUT2D eigenvalue weighted by atomic mass is 9.99. The normalized spacial score (nSPS) is 25.8. The summed E-state index contributed by atoms with van der Waals surface area (Å²) in [4.78, 5) is 13.8. The predicted octanol–water partition coefficient (Wildman–Crippen LogP) is -0.0509. The van der Waals surface area contributed by atoms with E-state index < -0.39 is 5.54 Å².